The Labute approximate surface area is 183 Å². The maximum atomic E-state index is 13.8. The molecule has 3 aromatic carbocycles. The Bertz CT molecular complexity index is 1180. The van der Waals surface area contributed by atoms with E-state index in [0.29, 0.717) is 23.5 Å². The standard InChI is InChI=1S/C27H26N2O2/c1-5-28(22-11-7-6-8-12-22)25-24(21-16-14-18(2)15-17-21)26(30)29(27(25)31)23-13-9-10-19(3)20(23)4/h6-17H,5H2,1-4H3. The van der Waals surface area contributed by atoms with E-state index in [2.05, 4.69) is 0 Å². The lowest BCUT2D eigenvalue weighted by Gasteiger charge is -2.25. The molecule has 0 aromatic heterocycles. The number of hydrogen-bond donors (Lipinski definition) is 0. The molecule has 1 heterocycles. The first-order valence-corrected chi connectivity index (χ1v) is 10.5. The highest BCUT2D eigenvalue weighted by atomic mass is 16.2. The summed E-state index contributed by atoms with van der Waals surface area (Å²) in [7, 11) is 0. The molecule has 4 rings (SSSR count). The molecule has 4 nitrogen and oxygen atoms in total. The summed E-state index contributed by atoms with van der Waals surface area (Å²) in [5.74, 6) is -0.577. The molecule has 2 amide bonds. The van der Waals surface area contributed by atoms with Crippen molar-refractivity contribution in [1.82, 2.24) is 0 Å². The monoisotopic (exact) mass is 410 g/mol. The first-order chi connectivity index (χ1) is 14.9. The number of anilines is 2. The van der Waals surface area contributed by atoms with Crippen LogP contribution in [0.25, 0.3) is 5.57 Å². The Morgan fingerprint density at radius 3 is 2.10 bits per heavy atom. The van der Waals surface area contributed by atoms with Gasteiger partial charge in [-0.1, -0.05) is 60.2 Å². The Hall–Kier alpha value is -3.66. The van der Waals surface area contributed by atoms with Crippen LogP contribution in [0.1, 0.15) is 29.2 Å². The summed E-state index contributed by atoms with van der Waals surface area (Å²) in [6.45, 7) is 8.50. The summed E-state index contributed by atoms with van der Waals surface area (Å²) < 4.78 is 0. The van der Waals surface area contributed by atoms with Gasteiger partial charge in [0.1, 0.15) is 5.70 Å². The summed E-state index contributed by atoms with van der Waals surface area (Å²) in [6.07, 6.45) is 0. The highest BCUT2D eigenvalue weighted by Gasteiger charge is 2.43. The summed E-state index contributed by atoms with van der Waals surface area (Å²) in [4.78, 5) is 30.8. The van der Waals surface area contributed by atoms with Crippen molar-refractivity contribution in [1.29, 1.82) is 0 Å². The molecular formula is C27H26N2O2. The average Bonchev–Trinajstić information content (AvgIpc) is 3.02. The molecule has 0 saturated carbocycles. The number of carbonyl (C=O) groups excluding carboxylic acids is 2. The van der Waals surface area contributed by atoms with Crippen molar-refractivity contribution >= 4 is 28.8 Å². The second-order valence-corrected chi connectivity index (χ2v) is 7.83. The number of nitrogens with zero attached hydrogens (tertiary/aromatic N) is 2. The van der Waals surface area contributed by atoms with Crippen LogP contribution in [0.4, 0.5) is 11.4 Å². The minimum atomic E-state index is -0.292. The van der Waals surface area contributed by atoms with E-state index < -0.39 is 0 Å². The number of imide groups is 1. The summed E-state index contributed by atoms with van der Waals surface area (Å²) in [5.41, 5.74) is 6.20. The summed E-state index contributed by atoms with van der Waals surface area (Å²) in [5, 5.41) is 0. The van der Waals surface area contributed by atoms with Gasteiger partial charge in [0.05, 0.1) is 11.3 Å². The summed E-state index contributed by atoms with van der Waals surface area (Å²) in [6, 6.07) is 23.2. The fourth-order valence-corrected chi connectivity index (χ4v) is 4.02. The van der Waals surface area contributed by atoms with E-state index in [0.717, 1.165) is 27.9 Å². The van der Waals surface area contributed by atoms with E-state index in [9.17, 15) is 9.59 Å². The second-order valence-electron chi connectivity index (χ2n) is 7.83. The largest absolute Gasteiger partial charge is 0.337 e. The Morgan fingerprint density at radius 2 is 1.45 bits per heavy atom. The van der Waals surface area contributed by atoms with Crippen molar-refractivity contribution < 1.29 is 9.59 Å². The van der Waals surface area contributed by atoms with Crippen LogP contribution in [0.15, 0.2) is 78.5 Å². The van der Waals surface area contributed by atoms with Gasteiger partial charge in [-0.3, -0.25) is 9.59 Å². The predicted octanol–water partition coefficient (Wildman–Crippen LogP) is 5.42. The molecule has 3 aromatic rings. The smallest absolute Gasteiger partial charge is 0.282 e. The molecule has 0 N–H and O–H groups in total. The molecule has 4 heteroatoms. The van der Waals surface area contributed by atoms with Gasteiger partial charge in [0.25, 0.3) is 11.8 Å². The Balaban J connectivity index is 1.93. The molecule has 0 unspecified atom stereocenters. The van der Waals surface area contributed by atoms with Crippen molar-refractivity contribution in [2.45, 2.75) is 27.7 Å². The van der Waals surface area contributed by atoms with E-state index in [1.807, 2.05) is 105 Å². The first-order valence-electron chi connectivity index (χ1n) is 10.5. The van der Waals surface area contributed by atoms with Crippen LogP contribution in [0.5, 0.6) is 0 Å². The minimum Gasteiger partial charge on any atom is -0.337 e. The van der Waals surface area contributed by atoms with Gasteiger partial charge >= 0.3 is 0 Å². The highest BCUT2D eigenvalue weighted by molar-refractivity contribution is 6.46. The molecule has 0 spiro atoms. The molecule has 156 valence electrons. The quantitative estimate of drug-likeness (QED) is 0.527. The maximum absolute atomic E-state index is 13.8. The van der Waals surface area contributed by atoms with Crippen LogP contribution in [-0.2, 0) is 9.59 Å². The van der Waals surface area contributed by atoms with Crippen molar-refractivity contribution in [2.24, 2.45) is 0 Å². The lowest BCUT2D eigenvalue weighted by Crippen LogP contribution is -2.35. The molecule has 0 aliphatic carbocycles. The molecule has 1 aliphatic heterocycles. The van der Waals surface area contributed by atoms with Gasteiger partial charge in [-0.05, 0) is 62.6 Å². The summed E-state index contributed by atoms with van der Waals surface area (Å²) >= 11 is 0. The van der Waals surface area contributed by atoms with E-state index in [1.165, 1.54) is 4.90 Å². The number of likely N-dealkylation sites (N-methyl/N-ethyl adjacent to an activating group) is 1. The van der Waals surface area contributed by atoms with Crippen LogP contribution in [0.3, 0.4) is 0 Å². The second kappa shape index (κ2) is 8.23. The average molecular weight is 411 g/mol. The molecule has 0 fully saturated rings. The lowest BCUT2D eigenvalue weighted by molar-refractivity contribution is -0.120. The number of rotatable bonds is 5. The van der Waals surface area contributed by atoms with Crippen LogP contribution in [0.2, 0.25) is 0 Å². The molecule has 0 radical (unpaired) electrons. The van der Waals surface area contributed by atoms with Crippen molar-refractivity contribution in [3.8, 4) is 0 Å². The van der Waals surface area contributed by atoms with Gasteiger partial charge in [0, 0.05) is 12.2 Å². The van der Waals surface area contributed by atoms with Crippen LogP contribution >= 0.6 is 0 Å². The molecular weight excluding hydrogens is 384 g/mol. The van der Waals surface area contributed by atoms with Crippen LogP contribution in [-0.4, -0.2) is 18.4 Å². The van der Waals surface area contributed by atoms with Gasteiger partial charge in [-0.15, -0.1) is 0 Å². The fraction of sp³-hybridized carbons (Fsp3) is 0.185. The third-order valence-corrected chi connectivity index (χ3v) is 5.87. The Kier molecular flexibility index (Phi) is 5.47. The fourth-order valence-electron chi connectivity index (χ4n) is 4.02. The number of hydrogen-bond acceptors (Lipinski definition) is 3. The number of carbonyl (C=O) groups is 2. The topological polar surface area (TPSA) is 40.6 Å². The molecule has 0 atom stereocenters. The van der Waals surface area contributed by atoms with Gasteiger partial charge in [0.15, 0.2) is 0 Å². The molecule has 31 heavy (non-hydrogen) atoms. The number of aryl methyl sites for hydroxylation is 2. The van der Waals surface area contributed by atoms with E-state index in [4.69, 9.17) is 0 Å². The van der Waals surface area contributed by atoms with Crippen molar-refractivity contribution in [2.75, 3.05) is 16.3 Å². The van der Waals surface area contributed by atoms with Gasteiger partial charge < -0.3 is 4.90 Å². The number of benzene rings is 3. The third kappa shape index (κ3) is 3.55. The van der Waals surface area contributed by atoms with Crippen molar-refractivity contribution in [3.05, 3.63) is 101 Å². The lowest BCUT2D eigenvalue weighted by atomic mass is 10.0. The highest BCUT2D eigenvalue weighted by Crippen LogP contribution is 2.38. The SMILES string of the molecule is CCN(C1=C(c2ccc(C)cc2)C(=O)N(c2cccc(C)c2C)C1=O)c1ccccc1. The molecule has 0 bridgehead atoms. The van der Waals surface area contributed by atoms with Crippen LogP contribution < -0.4 is 9.80 Å². The van der Waals surface area contributed by atoms with Crippen LogP contribution in [0, 0.1) is 20.8 Å². The maximum Gasteiger partial charge on any atom is 0.282 e. The molecule has 0 saturated heterocycles. The van der Waals surface area contributed by atoms with Gasteiger partial charge in [-0.2, -0.15) is 0 Å². The number of para-hydroxylation sites is 1. The van der Waals surface area contributed by atoms with Gasteiger partial charge in [0.2, 0.25) is 0 Å². The normalized spacial score (nSPS) is 13.9. The Morgan fingerprint density at radius 1 is 0.774 bits per heavy atom. The zero-order chi connectivity index (χ0) is 22.1. The third-order valence-electron chi connectivity index (χ3n) is 5.87. The van der Waals surface area contributed by atoms with E-state index >= 15 is 0 Å². The predicted molar refractivity (Wildman–Crippen MR) is 126 cm³/mol. The zero-order valence-electron chi connectivity index (χ0n) is 18.3. The van der Waals surface area contributed by atoms with E-state index in [1.54, 1.807) is 0 Å². The van der Waals surface area contributed by atoms with Gasteiger partial charge in [-0.25, -0.2) is 4.90 Å². The van der Waals surface area contributed by atoms with Crippen molar-refractivity contribution in [3.63, 3.8) is 0 Å². The first kappa shape index (κ1) is 20.6. The van der Waals surface area contributed by atoms with E-state index in [-0.39, 0.29) is 11.8 Å². The minimum absolute atomic E-state index is 0.285. The number of amides is 2. The molecule has 1 aliphatic rings. The zero-order valence-corrected chi connectivity index (χ0v) is 18.3.